The Morgan fingerprint density at radius 1 is 0.900 bits per heavy atom. The lowest BCUT2D eigenvalue weighted by Gasteiger charge is -2.34. The normalized spacial score (nSPS) is 11.9. The molecule has 0 atom stereocenters. The predicted octanol–water partition coefficient (Wildman–Crippen LogP) is 8.34. The molecule has 30 heavy (non-hydrogen) atoms. The quantitative estimate of drug-likeness (QED) is 0.383. The summed E-state index contributed by atoms with van der Waals surface area (Å²) in [5, 5.41) is 0. The molecule has 0 aliphatic carbocycles. The van der Waals surface area contributed by atoms with E-state index in [1.807, 2.05) is 13.0 Å². The first-order valence-corrected chi connectivity index (χ1v) is 11.2. The molecule has 0 aromatic heterocycles. The SMILES string of the molecule is C=C/C(=C\C=C(C)C)c1ccc(C(CC)(CC)c2ccc(OCC)c(C)c2)cc1C. The molecule has 0 heterocycles. The van der Waals surface area contributed by atoms with Gasteiger partial charge in [0.2, 0.25) is 0 Å². The van der Waals surface area contributed by atoms with Crippen molar-refractivity contribution >= 4 is 5.57 Å². The van der Waals surface area contributed by atoms with E-state index < -0.39 is 0 Å². The van der Waals surface area contributed by atoms with Crippen LogP contribution in [0.15, 0.2) is 66.8 Å². The van der Waals surface area contributed by atoms with Crippen molar-refractivity contribution in [2.24, 2.45) is 0 Å². The van der Waals surface area contributed by atoms with Crippen molar-refractivity contribution in [1.82, 2.24) is 0 Å². The minimum atomic E-state index is -0.00321. The van der Waals surface area contributed by atoms with E-state index >= 15 is 0 Å². The lowest BCUT2D eigenvalue weighted by molar-refractivity contribution is 0.337. The van der Waals surface area contributed by atoms with Crippen LogP contribution in [0.4, 0.5) is 0 Å². The minimum Gasteiger partial charge on any atom is -0.494 e. The van der Waals surface area contributed by atoms with Crippen LogP contribution in [0.1, 0.15) is 75.3 Å². The van der Waals surface area contributed by atoms with E-state index in [4.69, 9.17) is 4.74 Å². The standard InChI is InChI=1S/C29H38O/c1-9-24(14-13-21(5)6)27-17-15-25(19-22(27)7)29(10-2,11-3)26-16-18-28(30-12-4)23(8)20-26/h9,13-20H,1,10-12H2,2-8H3/b24-14+. The summed E-state index contributed by atoms with van der Waals surface area (Å²) in [5.41, 5.74) is 8.92. The van der Waals surface area contributed by atoms with Crippen LogP contribution >= 0.6 is 0 Å². The first-order chi connectivity index (χ1) is 14.3. The summed E-state index contributed by atoms with van der Waals surface area (Å²) in [6.07, 6.45) is 8.36. The van der Waals surface area contributed by atoms with Gasteiger partial charge in [-0.1, -0.05) is 74.6 Å². The van der Waals surface area contributed by atoms with Gasteiger partial charge in [-0.15, -0.1) is 0 Å². The monoisotopic (exact) mass is 402 g/mol. The molecule has 0 saturated heterocycles. The van der Waals surface area contributed by atoms with E-state index in [0.717, 1.165) is 24.2 Å². The Morgan fingerprint density at radius 3 is 1.97 bits per heavy atom. The fraction of sp³-hybridized carbons (Fsp3) is 0.379. The second-order valence-corrected chi connectivity index (χ2v) is 8.30. The van der Waals surface area contributed by atoms with Crippen LogP contribution in [0.2, 0.25) is 0 Å². The van der Waals surface area contributed by atoms with E-state index in [2.05, 4.69) is 96.7 Å². The molecule has 0 radical (unpaired) electrons. The van der Waals surface area contributed by atoms with Crippen molar-refractivity contribution in [3.63, 3.8) is 0 Å². The minimum absolute atomic E-state index is 0.00321. The van der Waals surface area contributed by atoms with Crippen LogP contribution in [0.5, 0.6) is 5.75 Å². The van der Waals surface area contributed by atoms with Gasteiger partial charge in [-0.3, -0.25) is 0 Å². The van der Waals surface area contributed by atoms with Gasteiger partial charge in [-0.25, -0.2) is 0 Å². The molecule has 1 nitrogen and oxygen atoms in total. The number of allylic oxidation sites excluding steroid dienone is 5. The summed E-state index contributed by atoms with van der Waals surface area (Å²) in [6.45, 7) is 19.9. The van der Waals surface area contributed by atoms with E-state index in [1.165, 1.54) is 33.4 Å². The maximum atomic E-state index is 5.77. The fourth-order valence-corrected chi connectivity index (χ4v) is 4.31. The first-order valence-electron chi connectivity index (χ1n) is 11.2. The highest BCUT2D eigenvalue weighted by Gasteiger charge is 2.31. The van der Waals surface area contributed by atoms with Crippen molar-refractivity contribution in [1.29, 1.82) is 0 Å². The van der Waals surface area contributed by atoms with Crippen molar-refractivity contribution in [2.75, 3.05) is 6.61 Å². The van der Waals surface area contributed by atoms with Crippen LogP contribution < -0.4 is 4.74 Å². The van der Waals surface area contributed by atoms with Crippen molar-refractivity contribution in [2.45, 2.75) is 66.7 Å². The zero-order chi connectivity index (χ0) is 22.3. The molecule has 0 spiro atoms. The highest BCUT2D eigenvalue weighted by molar-refractivity contribution is 5.77. The Labute approximate surface area is 184 Å². The lowest BCUT2D eigenvalue weighted by atomic mass is 9.69. The maximum absolute atomic E-state index is 5.77. The third-order valence-corrected chi connectivity index (χ3v) is 6.14. The molecule has 0 aliphatic heterocycles. The second-order valence-electron chi connectivity index (χ2n) is 8.30. The molecular formula is C29H38O. The van der Waals surface area contributed by atoms with Crippen molar-refractivity contribution in [3.05, 3.63) is 94.6 Å². The van der Waals surface area contributed by atoms with Crippen LogP contribution in [0.3, 0.4) is 0 Å². The molecule has 0 unspecified atom stereocenters. The molecule has 2 aromatic rings. The van der Waals surface area contributed by atoms with Gasteiger partial charge in [-0.2, -0.15) is 0 Å². The summed E-state index contributed by atoms with van der Waals surface area (Å²) < 4.78 is 5.77. The van der Waals surface area contributed by atoms with Gasteiger partial charge in [0.25, 0.3) is 0 Å². The Morgan fingerprint density at radius 2 is 1.50 bits per heavy atom. The van der Waals surface area contributed by atoms with Crippen molar-refractivity contribution < 1.29 is 4.74 Å². The Bertz CT molecular complexity index is 935. The second kappa shape index (κ2) is 10.5. The van der Waals surface area contributed by atoms with Gasteiger partial charge >= 0.3 is 0 Å². The Balaban J connectivity index is 2.57. The first kappa shape index (κ1) is 23.7. The van der Waals surface area contributed by atoms with Crippen LogP contribution in [-0.2, 0) is 5.41 Å². The molecule has 0 N–H and O–H groups in total. The zero-order valence-corrected chi connectivity index (χ0v) is 19.9. The van der Waals surface area contributed by atoms with Crippen LogP contribution in [0, 0.1) is 13.8 Å². The average Bonchev–Trinajstić information content (AvgIpc) is 2.72. The molecule has 2 rings (SSSR count). The summed E-state index contributed by atoms with van der Waals surface area (Å²) in [5.74, 6) is 0.980. The number of aryl methyl sites for hydroxylation is 2. The van der Waals surface area contributed by atoms with Gasteiger partial charge in [0.1, 0.15) is 5.75 Å². The molecule has 0 fully saturated rings. The third kappa shape index (κ3) is 4.95. The van der Waals surface area contributed by atoms with E-state index in [-0.39, 0.29) is 5.41 Å². The number of benzene rings is 2. The molecular weight excluding hydrogens is 364 g/mol. The Hall–Kier alpha value is -2.54. The molecule has 160 valence electrons. The highest BCUT2D eigenvalue weighted by Crippen LogP contribution is 2.41. The number of hydrogen-bond donors (Lipinski definition) is 0. The van der Waals surface area contributed by atoms with Gasteiger partial charge in [0, 0.05) is 5.41 Å². The number of ether oxygens (including phenoxy) is 1. The number of rotatable bonds is 9. The summed E-state index contributed by atoms with van der Waals surface area (Å²) >= 11 is 0. The molecule has 0 aliphatic rings. The summed E-state index contributed by atoms with van der Waals surface area (Å²) in [6, 6.07) is 13.6. The lowest BCUT2D eigenvalue weighted by Crippen LogP contribution is -2.26. The molecule has 2 aromatic carbocycles. The van der Waals surface area contributed by atoms with Gasteiger partial charge in [0.05, 0.1) is 6.61 Å². The molecule has 0 bridgehead atoms. The number of hydrogen-bond acceptors (Lipinski definition) is 1. The highest BCUT2D eigenvalue weighted by atomic mass is 16.5. The molecule has 1 heteroatoms. The third-order valence-electron chi connectivity index (χ3n) is 6.14. The van der Waals surface area contributed by atoms with Gasteiger partial charge < -0.3 is 4.74 Å². The maximum Gasteiger partial charge on any atom is 0.122 e. The average molecular weight is 403 g/mol. The Kier molecular flexibility index (Phi) is 8.29. The topological polar surface area (TPSA) is 9.23 Å². The fourth-order valence-electron chi connectivity index (χ4n) is 4.31. The van der Waals surface area contributed by atoms with E-state index in [0.29, 0.717) is 6.61 Å². The largest absolute Gasteiger partial charge is 0.494 e. The molecule has 0 saturated carbocycles. The summed E-state index contributed by atoms with van der Waals surface area (Å²) in [7, 11) is 0. The summed E-state index contributed by atoms with van der Waals surface area (Å²) in [4.78, 5) is 0. The zero-order valence-electron chi connectivity index (χ0n) is 19.9. The van der Waals surface area contributed by atoms with Gasteiger partial charge in [0.15, 0.2) is 0 Å². The van der Waals surface area contributed by atoms with Crippen molar-refractivity contribution in [3.8, 4) is 5.75 Å². The smallest absolute Gasteiger partial charge is 0.122 e. The molecule has 0 amide bonds. The van der Waals surface area contributed by atoms with Crippen LogP contribution in [-0.4, -0.2) is 6.61 Å². The van der Waals surface area contributed by atoms with E-state index in [1.54, 1.807) is 0 Å². The van der Waals surface area contributed by atoms with E-state index in [9.17, 15) is 0 Å². The van der Waals surface area contributed by atoms with Crippen LogP contribution in [0.25, 0.3) is 5.57 Å². The predicted molar refractivity (Wildman–Crippen MR) is 132 cm³/mol. The van der Waals surface area contributed by atoms with Gasteiger partial charge in [-0.05, 0) is 86.9 Å².